The van der Waals surface area contributed by atoms with Crippen molar-refractivity contribution in [3.63, 3.8) is 0 Å². The van der Waals surface area contributed by atoms with E-state index in [1.165, 1.54) is 13.2 Å². The van der Waals surface area contributed by atoms with Crippen LogP contribution in [0.25, 0.3) is 0 Å². The van der Waals surface area contributed by atoms with Crippen molar-refractivity contribution in [3.05, 3.63) is 33.8 Å². The molecule has 4 nitrogen and oxygen atoms in total. The molecule has 0 aliphatic carbocycles. The van der Waals surface area contributed by atoms with Gasteiger partial charge in [-0.2, -0.15) is 0 Å². The van der Waals surface area contributed by atoms with Gasteiger partial charge in [0.25, 0.3) is 0 Å². The highest BCUT2D eigenvalue weighted by Crippen LogP contribution is 2.22. The van der Waals surface area contributed by atoms with Crippen LogP contribution in [0.2, 0.25) is 0 Å². The molecule has 1 rings (SSSR count). The minimum Gasteiger partial charge on any atom is -0.465 e. The number of hydrogen-bond acceptors (Lipinski definition) is 4. The molecule has 0 N–H and O–H groups in total. The summed E-state index contributed by atoms with van der Waals surface area (Å²) in [4.78, 5) is 23.1. The van der Waals surface area contributed by atoms with E-state index < -0.39 is 11.9 Å². The topological polar surface area (TPSA) is 52.6 Å². The minimum atomic E-state index is -0.574. The van der Waals surface area contributed by atoms with Crippen molar-refractivity contribution in [3.8, 4) is 0 Å². The summed E-state index contributed by atoms with van der Waals surface area (Å²) in [5.74, 6) is -1.11. The molecule has 1 aromatic rings. The zero-order valence-electron chi connectivity index (χ0n) is 8.95. The maximum atomic E-state index is 11.6. The molecule has 0 bridgehead atoms. The second-order valence-electron chi connectivity index (χ2n) is 2.87. The van der Waals surface area contributed by atoms with Gasteiger partial charge in [0.2, 0.25) is 0 Å². The maximum absolute atomic E-state index is 11.6. The Morgan fingerprint density at radius 2 is 2.00 bits per heavy atom. The molecule has 0 saturated carbocycles. The van der Waals surface area contributed by atoms with Crippen molar-refractivity contribution in [2.24, 2.45) is 0 Å². The molecular weight excluding hydrogens is 276 g/mol. The van der Waals surface area contributed by atoms with Gasteiger partial charge in [-0.05, 0) is 35.0 Å². The molecular formula is C11H11BrO4. The van der Waals surface area contributed by atoms with Gasteiger partial charge in [0.15, 0.2) is 0 Å². The van der Waals surface area contributed by atoms with Gasteiger partial charge >= 0.3 is 11.9 Å². The van der Waals surface area contributed by atoms with Crippen LogP contribution in [-0.2, 0) is 9.47 Å². The number of methoxy groups -OCH3 is 1. The standard InChI is InChI=1S/C11H11BrO4/c1-3-16-10(13)7-5-4-6-8(12)9(7)11(14)15-2/h4-6H,3H2,1-2H3. The van der Waals surface area contributed by atoms with Crippen LogP contribution < -0.4 is 0 Å². The Kier molecular flexibility index (Phi) is 4.49. The molecule has 5 heteroatoms. The summed E-state index contributed by atoms with van der Waals surface area (Å²) in [5.41, 5.74) is 0.381. The second kappa shape index (κ2) is 5.65. The van der Waals surface area contributed by atoms with Crippen molar-refractivity contribution in [2.45, 2.75) is 6.92 Å². The molecule has 0 aliphatic heterocycles. The molecule has 0 aliphatic rings. The number of esters is 2. The van der Waals surface area contributed by atoms with Gasteiger partial charge in [0.05, 0.1) is 24.8 Å². The van der Waals surface area contributed by atoms with Gasteiger partial charge in [-0.1, -0.05) is 6.07 Å². The fourth-order valence-electron chi connectivity index (χ4n) is 1.21. The van der Waals surface area contributed by atoms with Crippen LogP contribution in [0.1, 0.15) is 27.6 Å². The molecule has 16 heavy (non-hydrogen) atoms. The Bertz CT molecular complexity index is 414. The summed E-state index contributed by atoms with van der Waals surface area (Å²) >= 11 is 3.20. The number of carbonyl (C=O) groups is 2. The first-order valence-electron chi connectivity index (χ1n) is 4.65. The predicted molar refractivity (Wildman–Crippen MR) is 61.4 cm³/mol. The number of halogens is 1. The van der Waals surface area contributed by atoms with E-state index in [0.29, 0.717) is 4.47 Å². The summed E-state index contributed by atoms with van der Waals surface area (Å²) in [6, 6.07) is 4.84. The number of rotatable bonds is 3. The Labute approximate surface area is 102 Å². The fourth-order valence-corrected chi connectivity index (χ4v) is 1.74. The Balaban J connectivity index is 3.22. The highest BCUT2D eigenvalue weighted by molar-refractivity contribution is 9.10. The summed E-state index contributed by atoms with van der Waals surface area (Å²) in [6.45, 7) is 1.96. The van der Waals surface area contributed by atoms with E-state index in [4.69, 9.17) is 4.74 Å². The summed E-state index contributed by atoms with van der Waals surface area (Å²) in [5, 5.41) is 0. The molecule has 0 aromatic heterocycles. The van der Waals surface area contributed by atoms with Gasteiger partial charge in [-0.25, -0.2) is 9.59 Å². The van der Waals surface area contributed by atoms with Crippen molar-refractivity contribution < 1.29 is 19.1 Å². The molecule has 0 heterocycles. The molecule has 0 fully saturated rings. The normalized spacial score (nSPS) is 9.69. The first-order chi connectivity index (χ1) is 7.61. The van der Waals surface area contributed by atoms with Crippen LogP contribution >= 0.6 is 15.9 Å². The van der Waals surface area contributed by atoms with E-state index in [1.54, 1.807) is 19.1 Å². The quantitative estimate of drug-likeness (QED) is 0.801. The van der Waals surface area contributed by atoms with Crippen LogP contribution in [-0.4, -0.2) is 25.7 Å². The third kappa shape index (κ3) is 2.61. The number of ether oxygens (including phenoxy) is 2. The maximum Gasteiger partial charge on any atom is 0.339 e. The average Bonchev–Trinajstić information content (AvgIpc) is 2.28. The number of carbonyl (C=O) groups excluding carboxylic acids is 2. The van der Waals surface area contributed by atoms with Crippen LogP contribution in [0.3, 0.4) is 0 Å². The van der Waals surface area contributed by atoms with Gasteiger partial charge in [0.1, 0.15) is 0 Å². The lowest BCUT2D eigenvalue weighted by atomic mass is 10.1. The van der Waals surface area contributed by atoms with Gasteiger partial charge < -0.3 is 9.47 Å². The molecule has 0 atom stereocenters. The summed E-state index contributed by atoms with van der Waals surface area (Å²) in [7, 11) is 1.26. The summed E-state index contributed by atoms with van der Waals surface area (Å²) in [6.07, 6.45) is 0. The van der Waals surface area contributed by atoms with Crippen LogP contribution in [0.4, 0.5) is 0 Å². The first-order valence-corrected chi connectivity index (χ1v) is 5.45. The Morgan fingerprint density at radius 1 is 1.31 bits per heavy atom. The SMILES string of the molecule is CCOC(=O)c1cccc(Br)c1C(=O)OC. The van der Waals surface area contributed by atoms with Crippen LogP contribution in [0, 0.1) is 0 Å². The van der Waals surface area contributed by atoms with Crippen molar-refractivity contribution in [2.75, 3.05) is 13.7 Å². The fraction of sp³-hybridized carbons (Fsp3) is 0.273. The number of benzene rings is 1. The predicted octanol–water partition coefficient (Wildman–Crippen LogP) is 2.41. The molecule has 0 amide bonds. The monoisotopic (exact) mass is 286 g/mol. The van der Waals surface area contributed by atoms with Crippen LogP contribution in [0.5, 0.6) is 0 Å². The van der Waals surface area contributed by atoms with E-state index in [-0.39, 0.29) is 17.7 Å². The third-order valence-electron chi connectivity index (χ3n) is 1.90. The van der Waals surface area contributed by atoms with Gasteiger partial charge in [-0.3, -0.25) is 0 Å². The number of hydrogen-bond donors (Lipinski definition) is 0. The smallest absolute Gasteiger partial charge is 0.339 e. The lowest BCUT2D eigenvalue weighted by Gasteiger charge is -2.08. The molecule has 86 valence electrons. The van der Waals surface area contributed by atoms with Crippen molar-refractivity contribution in [1.82, 2.24) is 0 Å². The van der Waals surface area contributed by atoms with E-state index in [1.807, 2.05) is 0 Å². The van der Waals surface area contributed by atoms with E-state index in [0.717, 1.165) is 0 Å². The largest absolute Gasteiger partial charge is 0.465 e. The molecule has 1 aromatic carbocycles. The average molecular weight is 287 g/mol. The van der Waals surface area contributed by atoms with Gasteiger partial charge in [0, 0.05) is 4.47 Å². The van der Waals surface area contributed by atoms with E-state index in [2.05, 4.69) is 20.7 Å². The molecule has 0 radical (unpaired) electrons. The lowest BCUT2D eigenvalue weighted by Crippen LogP contribution is -2.13. The van der Waals surface area contributed by atoms with Crippen molar-refractivity contribution in [1.29, 1.82) is 0 Å². The molecule has 0 saturated heterocycles. The highest BCUT2D eigenvalue weighted by Gasteiger charge is 2.21. The lowest BCUT2D eigenvalue weighted by molar-refractivity contribution is 0.0503. The van der Waals surface area contributed by atoms with E-state index in [9.17, 15) is 9.59 Å². The second-order valence-corrected chi connectivity index (χ2v) is 3.73. The zero-order valence-corrected chi connectivity index (χ0v) is 10.5. The Hall–Kier alpha value is -1.36. The Morgan fingerprint density at radius 3 is 2.56 bits per heavy atom. The highest BCUT2D eigenvalue weighted by atomic mass is 79.9. The van der Waals surface area contributed by atoms with Crippen molar-refractivity contribution >= 4 is 27.9 Å². The summed E-state index contributed by atoms with van der Waals surface area (Å²) < 4.78 is 9.96. The third-order valence-corrected chi connectivity index (χ3v) is 2.56. The van der Waals surface area contributed by atoms with Gasteiger partial charge in [-0.15, -0.1) is 0 Å². The first kappa shape index (κ1) is 12.7. The van der Waals surface area contributed by atoms with E-state index >= 15 is 0 Å². The van der Waals surface area contributed by atoms with Crippen LogP contribution in [0.15, 0.2) is 22.7 Å². The minimum absolute atomic E-state index is 0.184. The molecule has 0 unspecified atom stereocenters. The molecule has 0 spiro atoms. The zero-order chi connectivity index (χ0) is 12.1.